The molecule has 1 rings (SSSR count). The van der Waals surface area contributed by atoms with Crippen LogP contribution in [0.15, 0.2) is 29.3 Å². The first-order chi connectivity index (χ1) is 11.1. The van der Waals surface area contributed by atoms with Gasteiger partial charge >= 0.3 is 0 Å². The topological polar surface area (TPSA) is 56.7 Å². The van der Waals surface area contributed by atoms with E-state index < -0.39 is 0 Å². The molecular formula is C17H27FN4O. The molecule has 1 aromatic carbocycles. The van der Waals surface area contributed by atoms with Crippen LogP contribution in [-0.2, 0) is 11.3 Å². The highest BCUT2D eigenvalue weighted by Gasteiger charge is 2.09. The van der Waals surface area contributed by atoms with Crippen molar-refractivity contribution in [2.75, 3.05) is 26.2 Å². The molecule has 0 aliphatic rings. The molecule has 0 saturated heterocycles. The van der Waals surface area contributed by atoms with Gasteiger partial charge in [0, 0.05) is 38.2 Å². The third kappa shape index (κ3) is 6.67. The minimum Gasteiger partial charge on any atom is -0.357 e. The summed E-state index contributed by atoms with van der Waals surface area (Å²) in [5.41, 5.74) is 0.545. The average Bonchev–Trinajstić information content (AvgIpc) is 2.55. The molecule has 23 heavy (non-hydrogen) atoms. The van der Waals surface area contributed by atoms with Gasteiger partial charge in [0.15, 0.2) is 5.96 Å². The third-order valence-corrected chi connectivity index (χ3v) is 3.46. The summed E-state index contributed by atoms with van der Waals surface area (Å²) in [5.74, 6) is 0.444. The highest BCUT2D eigenvalue weighted by atomic mass is 19.1. The predicted molar refractivity (Wildman–Crippen MR) is 91.8 cm³/mol. The molecule has 2 N–H and O–H groups in total. The third-order valence-electron chi connectivity index (χ3n) is 3.46. The Kier molecular flexibility index (Phi) is 8.72. The number of aliphatic imine (C=N–C) groups is 1. The van der Waals surface area contributed by atoms with Crippen LogP contribution in [0.5, 0.6) is 0 Å². The lowest BCUT2D eigenvalue weighted by Gasteiger charge is -2.19. The summed E-state index contributed by atoms with van der Waals surface area (Å²) >= 11 is 0. The van der Waals surface area contributed by atoms with E-state index in [4.69, 9.17) is 0 Å². The molecule has 1 amide bonds. The van der Waals surface area contributed by atoms with Gasteiger partial charge in [-0.1, -0.05) is 18.2 Å². The zero-order chi connectivity index (χ0) is 17.1. The molecule has 0 spiro atoms. The first-order valence-corrected chi connectivity index (χ1v) is 8.15. The lowest BCUT2D eigenvalue weighted by Crippen LogP contribution is -2.40. The van der Waals surface area contributed by atoms with Crippen molar-refractivity contribution in [1.29, 1.82) is 0 Å². The Morgan fingerprint density at radius 1 is 1.17 bits per heavy atom. The molecule has 1 aromatic rings. The largest absolute Gasteiger partial charge is 0.357 e. The monoisotopic (exact) mass is 322 g/mol. The number of nitrogens with one attached hydrogen (secondary N) is 2. The number of nitrogens with zero attached hydrogens (tertiary/aromatic N) is 2. The maximum atomic E-state index is 13.6. The van der Waals surface area contributed by atoms with E-state index in [0.717, 1.165) is 13.1 Å². The minimum absolute atomic E-state index is 0.118. The van der Waals surface area contributed by atoms with Gasteiger partial charge in [0.05, 0.1) is 6.54 Å². The molecule has 0 atom stereocenters. The van der Waals surface area contributed by atoms with Gasteiger partial charge in [-0.3, -0.25) is 4.79 Å². The van der Waals surface area contributed by atoms with Crippen LogP contribution in [0.1, 0.15) is 32.8 Å². The van der Waals surface area contributed by atoms with Crippen LogP contribution in [0.4, 0.5) is 4.39 Å². The lowest BCUT2D eigenvalue weighted by atomic mass is 10.2. The van der Waals surface area contributed by atoms with Gasteiger partial charge in [0.25, 0.3) is 0 Å². The zero-order valence-corrected chi connectivity index (χ0v) is 14.2. The predicted octanol–water partition coefficient (Wildman–Crippen LogP) is 2.14. The van der Waals surface area contributed by atoms with Crippen LogP contribution >= 0.6 is 0 Å². The molecule has 0 aliphatic heterocycles. The number of hydrogen-bond donors (Lipinski definition) is 2. The number of benzene rings is 1. The first kappa shape index (κ1) is 18.9. The fourth-order valence-corrected chi connectivity index (χ4v) is 2.15. The zero-order valence-electron chi connectivity index (χ0n) is 14.2. The molecule has 128 valence electrons. The van der Waals surface area contributed by atoms with Crippen molar-refractivity contribution in [2.45, 2.75) is 33.7 Å². The van der Waals surface area contributed by atoms with Crippen molar-refractivity contribution in [1.82, 2.24) is 15.5 Å². The Morgan fingerprint density at radius 2 is 1.87 bits per heavy atom. The van der Waals surface area contributed by atoms with E-state index in [9.17, 15) is 9.18 Å². The van der Waals surface area contributed by atoms with E-state index in [1.165, 1.54) is 6.07 Å². The van der Waals surface area contributed by atoms with Crippen LogP contribution in [0.25, 0.3) is 0 Å². The fraction of sp³-hybridized carbons (Fsp3) is 0.529. The number of rotatable bonds is 8. The molecule has 0 unspecified atom stereocenters. The molecule has 0 aromatic heterocycles. The summed E-state index contributed by atoms with van der Waals surface area (Å²) in [6, 6.07) is 6.59. The van der Waals surface area contributed by atoms with E-state index in [-0.39, 0.29) is 18.3 Å². The van der Waals surface area contributed by atoms with Gasteiger partial charge in [0.1, 0.15) is 5.82 Å². The summed E-state index contributed by atoms with van der Waals surface area (Å²) in [6.07, 6.45) is 0.409. The number of guanidine groups is 1. The van der Waals surface area contributed by atoms with Crippen molar-refractivity contribution in [2.24, 2.45) is 4.99 Å². The van der Waals surface area contributed by atoms with Crippen molar-refractivity contribution >= 4 is 11.9 Å². The molecule has 0 radical (unpaired) electrons. The second kappa shape index (κ2) is 10.6. The number of halogens is 1. The maximum absolute atomic E-state index is 13.6. The Hall–Kier alpha value is -2.11. The van der Waals surface area contributed by atoms with Crippen molar-refractivity contribution in [3.63, 3.8) is 0 Å². The molecule has 0 bridgehead atoms. The maximum Gasteiger partial charge on any atom is 0.224 e. The highest BCUT2D eigenvalue weighted by molar-refractivity contribution is 5.81. The number of carbonyl (C=O) groups is 1. The van der Waals surface area contributed by atoms with Crippen LogP contribution < -0.4 is 10.6 Å². The van der Waals surface area contributed by atoms with Gasteiger partial charge in [-0.2, -0.15) is 0 Å². The first-order valence-electron chi connectivity index (χ1n) is 8.15. The molecular weight excluding hydrogens is 295 g/mol. The van der Waals surface area contributed by atoms with Gasteiger partial charge < -0.3 is 15.5 Å². The highest BCUT2D eigenvalue weighted by Crippen LogP contribution is 2.07. The van der Waals surface area contributed by atoms with Gasteiger partial charge in [0.2, 0.25) is 5.91 Å². The summed E-state index contributed by atoms with van der Waals surface area (Å²) in [7, 11) is 0. The van der Waals surface area contributed by atoms with Crippen molar-refractivity contribution < 1.29 is 9.18 Å². The van der Waals surface area contributed by atoms with E-state index >= 15 is 0 Å². The van der Waals surface area contributed by atoms with Crippen molar-refractivity contribution in [3.05, 3.63) is 35.6 Å². The summed E-state index contributed by atoms with van der Waals surface area (Å²) in [6.45, 7) is 8.79. The molecule has 5 nitrogen and oxygen atoms in total. The van der Waals surface area contributed by atoms with Crippen LogP contribution in [-0.4, -0.2) is 42.9 Å². The van der Waals surface area contributed by atoms with Crippen molar-refractivity contribution in [3.8, 4) is 0 Å². The minimum atomic E-state index is -0.260. The van der Waals surface area contributed by atoms with Crippen LogP contribution in [0, 0.1) is 5.82 Å². The second-order valence-electron chi connectivity index (χ2n) is 5.03. The Labute approximate surface area is 138 Å². The normalized spacial score (nSPS) is 11.2. The van der Waals surface area contributed by atoms with Gasteiger partial charge in [-0.15, -0.1) is 0 Å². The molecule has 0 heterocycles. The summed E-state index contributed by atoms with van der Waals surface area (Å²) < 4.78 is 13.6. The summed E-state index contributed by atoms with van der Waals surface area (Å²) in [4.78, 5) is 18.1. The second-order valence-corrected chi connectivity index (χ2v) is 5.03. The summed E-state index contributed by atoms with van der Waals surface area (Å²) in [5, 5.41) is 6.21. The van der Waals surface area contributed by atoms with E-state index in [1.54, 1.807) is 23.1 Å². The fourth-order valence-electron chi connectivity index (χ4n) is 2.15. The average molecular weight is 322 g/mol. The van der Waals surface area contributed by atoms with E-state index in [2.05, 4.69) is 15.6 Å². The molecule has 0 aliphatic carbocycles. The SMILES string of the molecule is CCNC(=NCc1ccccc1F)NCCC(=O)N(CC)CC. The Bertz CT molecular complexity index is 515. The Morgan fingerprint density at radius 3 is 2.48 bits per heavy atom. The van der Waals surface area contributed by atoms with E-state index in [0.29, 0.717) is 31.0 Å². The molecule has 0 fully saturated rings. The standard InChI is InChI=1S/C17H27FN4O/c1-4-19-17(20-12-11-16(23)22(5-2)6-3)21-13-14-9-7-8-10-15(14)18/h7-10H,4-6,11-13H2,1-3H3,(H2,19,20,21). The smallest absolute Gasteiger partial charge is 0.224 e. The van der Waals surface area contributed by atoms with E-state index in [1.807, 2.05) is 20.8 Å². The lowest BCUT2D eigenvalue weighted by molar-refractivity contribution is -0.130. The van der Waals surface area contributed by atoms with Crippen LogP contribution in [0.3, 0.4) is 0 Å². The van der Waals surface area contributed by atoms with Gasteiger partial charge in [-0.25, -0.2) is 9.38 Å². The van der Waals surface area contributed by atoms with Gasteiger partial charge in [-0.05, 0) is 26.8 Å². The molecule has 0 saturated carbocycles. The van der Waals surface area contributed by atoms with Crippen LogP contribution in [0.2, 0.25) is 0 Å². The number of hydrogen-bond acceptors (Lipinski definition) is 2. The molecule has 6 heteroatoms. The Balaban J connectivity index is 2.53. The number of carbonyl (C=O) groups excluding carboxylic acids is 1. The number of amides is 1. The quantitative estimate of drug-likeness (QED) is 0.569.